The van der Waals surface area contributed by atoms with Gasteiger partial charge in [0.05, 0.1) is 6.61 Å². The van der Waals surface area contributed by atoms with E-state index in [-0.39, 0.29) is 25.4 Å². The summed E-state index contributed by atoms with van der Waals surface area (Å²) in [5.74, 6) is -1.09. The fraction of sp³-hybridized carbons (Fsp3) is 0.289. The van der Waals surface area contributed by atoms with Crippen molar-refractivity contribution in [3.05, 3.63) is 131 Å². The summed E-state index contributed by atoms with van der Waals surface area (Å²) in [4.78, 5) is 40.4. The number of benzene rings is 4. The molecule has 0 radical (unpaired) electrons. The molecule has 4 aromatic carbocycles. The molecule has 0 unspecified atom stereocenters. The van der Waals surface area contributed by atoms with Crippen LogP contribution in [0.15, 0.2) is 109 Å². The zero-order valence-corrected chi connectivity index (χ0v) is 27.7. The molecule has 0 spiro atoms. The maximum absolute atomic E-state index is 13.8. The van der Waals surface area contributed by atoms with E-state index in [4.69, 9.17) is 9.47 Å². The average molecular weight is 635 g/mol. The number of esters is 1. The summed E-state index contributed by atoms with van der Waals surface area (Å²) < 4.78 is 11.4. The molecule has 0 heterocycles. The predicted octanol–water partition coefficient (Wildman–Crippen LogP) is 6.75. The van der Waals surface area contributed by atoms with Crippen LogP contribution in [0.5, 0.6) is 0 Å². The van der Waals surface area contributed by atoms with Gasteiger partial charge in [0.25, 0.3) is 0 Å². The lowest BCUT2D eigenvalue weighted by atomic mass is 9.98. The molecule has 1 aliphatic carbocycles. The Hall–Kier alpha value is -4.69. The molecule has 46 heavy (non-hydrogen) atoms. The number of amides is 2. The Morgan fingerprint density at radius 3 is 1.70 bits per heavy atom. The Labute approximate surface area is 272 Å². The normalized spacial score (nSPS) is 13.5. The van der Waals surface area contributed by atoms with E-state index in [9.17, 15) is 14.4 Å². The summed E-state index contributed by atoms with van der Waals surface area (Å²) in [6, 6.07) is 34.1. The van der Waals surface area contributed by atoms with Gasteiger partial charge < -0.3 is 20.1 Å². The molecule has 0 aromatic heterocycles. The molecule has 238 valence electrons. The SMILES string of the molecule is C[Si](C)(C)CCOC(=O)[C@H](Cc1ccccc1)NC(=O)[C@H](Cc1ccccc1)NC(=O)OCC1c2ccccc2-c2ccccc21. The van der Waals surface area contributed by atoms with E-state index in [0.29, 0.717) is 6.61 Å². The summed E-state index contributed by atoms with van der Waals surface area (Å²) in [6.07, 6.45) is -0.212. The Morgan fingerprint density at radius 2 is 1.15 bits per heavy atom. The first-order valence-electron chi connectivity index (χ1n) is 15.8. The molecule has 2 atom stereocenters. The highest BCUT2D eigenvalue weighted by molar-refractivity contribution is 6.76. The molecule has 4 aromatic rings. The minimum absolute atomic E-state index is 0.110. The van der Waals surface area contributed by atoms with Crippen molar-refractivity contribution in [1.29, 1.82) is 0 Å². The monoisotopic (exact) mass is 634 g/mol. The molecule has 5 rings (SSSR count). The van der Waals surface area contributed by atoms with Gasteiger partial charge in [-0.3, -0.25) is 4.79 Å². The largest absolute Gasteiger partial charge is 0.464 e. The van der Waals surface area contributed by atoms with Crippen molar-refractivity contribution in [1.82, 2.24) is 10.6 Å². The molecular weight excluding hydrogens is 593 g/mol. The maximum atomic E-state index is 13.8. The number of ether oxygens (including phenoxy) is 2. The van der Waals surface area contributed by atoms with E-state index >= 15 is 0 Å². The van der Waals surface area contributed by atoms with E-state index in [1.54, 1.807) is 0 Å². The molecule has 2 N–H and O–H groups in total. The van der Waals surface area contributed by atoms with E-state index in [1.807, 2.05) is 84.9 Å². The van der Waals surface area contributed by atoms with Crippen LogP contribution in [0, 0.1) is 0 Å². The molecule has 0 saturated heterocycles. The van der Waals surface area contributed by atoms with Gasteiger partial charge in [0.15, 0.2) is 0 Å². The Morgan fingerprint density at radius 1 is 0.652 bits per heavy atom. The van der Waals surface area contributed by atoms with E-state index in [0.717, 1.165) is 39.4 Å². The molecule has 2 amide bonds. The van der Waals surface area contributed by atoms with Gasteiger partial charge >= 0.3 is 12.1 Å². The predicted molar refractivity (Wildman–Crippen MR) is 183 cm³/mol. The van der Waals surface area contributed by atoms with Crippen molar-refractivity contribution in [2.75, 3.05) is 13.2 Å². The number of carbonyl (C=O) groups is 3. The van der Waals surface area contributed by atoms with Gasteiger partial charge in [0.1, 0.15) is 18.7 Å². The van der Waals surface area contributed by atoms with E-state index in [1.165, 1.54) is 0 Å². The van der Waals surface area contributed by atoms with Gasteiger partial charge in [0.2, 0.25) is 5.91 Å². The highest BCUT2D eigenvalue weighted by Crippen LogP contribution is 2.44. The summed E-state index contributed by atoms with van der Waals surface area (Å²) in [5, 5.41) is 5.68. The van der Waals surface area contributed by atoms with Crippen molar-refractivity contribution in [2.45, 2.75) is 56.5 Å². The molecule has 0 aliphatic heterocycles. The van der Waals surface area contributed by atoms with Crippen LogP contribution in [-0.4, -0.2) is 51.3 Å². The average Bonchev–Trinajstić information content (AvgIpc) is 3.37. The van der Waals surface area contributed by atoms with Crippen LogP contribution >= 0.6 is 0 Å². The van der Waals surface area contributed by atoms with Gasteiger partial charge in [-0.15, -0.1) is 0 Å². The zero-order chi connectivity index (χ0) is 32.5. The fourth-order valence-electron chi connectivity index (χ4n) is 5.72. The number of carbonyl (C=O) groups excluding carboxylic acids is 3. The second kappa shape index (κ2) is 15.1. The number of fused-ring (bicyclic) bond motifs is 3. The molecule has 1 aliphatic rings. The second-order valence-corrected chi connectivity index (χ2v) is 18.6. The molecule has 7 nitrogen and oxygen atoms in total. The first-order valence-corrected chi connectivity index (χ1v) is 19.5. The van der Waals surface area contributed by atoms with Gasteiger partial charge in [-0.05, 0) is 39.4 Å². The maximum Gasteiger partial charge on any atom is 0.407 e. The summed E-state index contributed by atoms with van der Waals surface area (Å²) in [7, 11) is -1.43. The first kappa shape index (κ1) is 32.7. The highest BCUT2D eigenvalue weighted by Gasteiger charge is 2.31. The van der Waals surface area contributed by atoms with Crippen LogP contribution in [0.4, 0.5) is 4.79 Å². The number of rotatable bonds is 13. The minimum atomic E-state index is -1.43. The minimum Gasteiger partial charge on any atom is -0.464 e. The number of nitrogens with one attached hydrogen (secondary N) is 2. The van der Waals surface area contributed by atoms with Crippen LogP contribution in [-0.2, 0) is 31.9 Å². The molecule has 0 bridgehead atoms. The third-order valence-electron chi connectivity index (χ3n) is 8.21. The Kier molecular flexibility index (Phi) is 10.7. The van der Waals surface area contributed by atoms with E-state index < -0.39 is 38.1 Å². The zero-order valence-electron chi connectivity index (χ0n) is 26.7. The lowest BCUT2D eigenvalue weighted by Gasteiger charge is -2.24. The van der Waals surface area contributed by atoms with Crippen molar-refractivity contribution in [2.24, 2.45) is 0 Å². The van der Waals surface area contributed by atoms with Gasteiger partial charge in [-0.1, -0.05) is 129 Å². The van der Waals surface area contributed by atoms with Crippen molar-refractivity contribution >= 4 is 26.0 Å². The van der Waals surface area contributed by atoms with Gasteiger partial charge in [0, 0.05) is 26.8 Å². The van der Waals surface area contributed by atoms with Crippen molar-refractivity contribution < 1.29 is 23.9 Å². The summed E-state index contributed by atoms with van der Waals surface area (Å²) >= 11 is 0. The van der Waals surface area contributed by atoms with Crippen LogP contribution in [0.25, 0.3) is 11.1 Å². The fourth-order valence-corrected chi connectivity index (χ4v) is 6.43. The number of hydrogen-bond donors (Lipinski definition) is 2. The first-order chi connectivity index (χ1) is 22.2. The Balaban J connectivity index is 1.29. The van der Waals surface area contributed by atoms with Crippen molar-refractivity contribution in [3.8, 4) is 11.1 Å². The second-order valence-electron chi connectivity index (χ2n) is 12.9. The van der Waals surface area contributed by atoms with Crippen LogP contribution < -0.4 is 10.6 Å². The van der Waals surface area contributed by atoms with Crippen LogP contribution in [0.2, 0.25) is 25.7 Å². The molecule has 8 heteroatoms. The molecule has 0 fully saturated rings. The summed E-state index contributed by atoms with van der Waals surface area (Å²) in [6.45, 7) is 7.08. The van der Waals surface area contributed by atoms with Gasteiger partial charge in [-0.25, -0.2) is 9.59 Å². The molecule has 0 saturated carbocycles. The van der Waals surface area contributed by atoms with Crippen LogP contribution in [0.3, 0.4) is 0 Å². The number of hydrogen-bond acceptors (Lipinski definition) is 5. The standard InChI is InChI=1S/C38H42N2O5Si/c1-46(2,3)23-22-44-37(42)35(25-28-16-8-5-9-17-28)39-36(41)34(24-27-14-6-4-7-15-27)40-38(43)45-26-33-31-20-12-10-18-29(31)30-19-11-13-21-32(30)33/h4-21,33-35H,22-26H2,1-3H3,(H,39,41)(H,40,43)/t34-,35-/m0/s1. The lowest BCUT2D eigenvalue weighted by molar-refractivity contribution is -0.147. The third kappa shape index (κ3) is 8.73. The smallest absolute Gasteiger partial charge is 0.407 e. The van der Waals surface area contributed by atoms with Crippen LogP contribution in [0.1, 0.15) is 28.2 Å². The third-order valence-corrected chi connectivity index (χ3v) is 9.92. The Bertz CT molecular complexity index is 1590. The van der Waals surface area contributed by atoms with E-state index in [2.05, 4.69) is 54.5 Å². The topological polar surface area (TPSA) is 93.7 Å². The van der Waals surface area contributed by atoms with Gasteiger partial charge in [-0.2, -0.15) is 0 Å². The summed E-state index contributed by atoms with van der Waals surface area (Å²) in [5.41, 5.74) is 6.22. The quantitative estimate of drug-likeness (QED) is 0.125. The van der Waals surface area contributed by atoms with Crippen molar-refractivity contribution in [3.63, 3.8) is 0 Å². The highest BCUT2D eigenvalue weighted by atomic mass is 28.3. The molecular formula is C38H42N2O5Si. The number of alkyl carbamates (subject to hydrolysis) is 1. The lowest BCUT2D eigenvalue weighted by Crippen LogP contribution is -2.53.